The first-order valence-electron chi connectivity index (χ1n) is 5.87. The van der Waals surface area contributed by atoms with Gasteiger partial charge in [-0.25, -0.2) is 0 Å². The quantitative estimate of drug-likeness (QED) is 0.942. The molecule has 1 heterocycles. The highest BCUT2D eigenvalue weighted by atomic mass is 35.5. The number of carbonyl (C=O) groups excluding carboxylic acids is 1. The van der Waals surface area contributed by atoms with E-state index in [1.807, 2.05) is 37.3 Å². The molecular weight excluding hydrogens is 285 g/mol. The first kappa shape index (κ1) is 13.9. The van der Waals surface area contributed by atoms with E-state index in [4.69, 9.17) is 23.2 Å². The summed E-state index contributed by atoms with van der Waals surface area (Å²) in [6.07, 6.45) is 0. The molecule has 6 heteroatoms. The van der Waals surface area contributed by atoms with Crippen molar-refractivity contribution < 1.29 is 4.79 Å². The summed E-state index contributed by atoms with van der Waals surface area (Å²) in [5.41, 5.74) is 1.16. The van der Waals surface area contributed by atoms with Crippen LogP contribution in [0.1, 0.15) is 23.0 Å². The maximum atomic E-state index is 12.0. The van der Waals surface area contributed by atoms with Gasteiger partial charge in [0.1, 0.15) is 10.2 Å². The van der Waals surface area contributed by atoms with E-state index in [0.717, 1.165) is 5.56 Å². The fraction of sp³-hybridized carbons (Fsp3) is 0.231. The maximum absolute atomic E-state index is 12.0. The molecular formula is C13H13Cl2N3O. The van der Waals surface area contributed by atoms with E-state index in [1.54, 1.807) is 0 Å². The smallest absolute Gasteiger partial charge is 0.273 e. The van der Waals surface area contributed by atoms with Crippen LogP contribution in [0.4, 0.5) is 0 Å². The van der Waals surface area contributed by atoms with Crippen LogP contribution in [0, 0.1) is 0 Å². The Morgan fingerprint density at radius 2 is 2.00 bits per heavy atom. The Hall–Kier alpha value is -1.52. The fourth-order valence-corrected chi connectivity index (χ4v) is 2.10. The Morgan fingerprint density at radius 3 is 2.58 bits per heavy atom. The van der Waals surface area contributed by atoms with Crippen LogP contribution in [-0.2, 0) is 13.1 Å². The van der Waals surface area contributed by atoms with Crippen molar-refractivity contribution in [3.8, 4) is 0 Å². The average Bonchev–Trinajstić information content (AvgIpc) is 2.73. The Bertz CT molecular complexity index is 581. The van der Waals surface area contributed by atoms with Crippen molar-refractivity contribution >= 4 is 29.1 Å². The lowest BCUT2D eigenvalue weighted by Gasteiger charge is -2.03. The van der Waals surface area contributed by atoms with Crippen LogP contribution in [0.2, 0.25) is 10.2 Å². The van der Waals surface area contributed by atoms with Gasteiger partial charge in [0.25, 0.3) is 5.91 Å². The minimum absolute atomic E-state index is 0.157. The zero-order chi connectivity index (χ0) is 13.8. The lowest BCUT2D eigenvalue weighted by atomic mass is 10.2. The standard InChI is InChI=1S/C13H13Cl2N3O/c1-2-18-12(15)10(14)11(17-18)13(19)16-8-9-6-4-3-5-7-9/h3-7H,2,8H2,1H3,(H,16,19). The second kappa shape index (κ2) is 6.08. The van der Waals surface area contributed by atoms with Crippen molar-refractivity contribution in [1.82, 2.24) is 15.1 Å². The van der Waals surface area contributed by atoms with E-state index in [9.17, 15) is 4.79 Å². The van der Waals surface area contributed by atoms with Gasteiger partial charge in [0.2, 0.25) is 0 Å². The number of nitrogens with one attached hydrogen (secondary N) is 1. The Balaban J connectivity index is 2.08. The third-order valence-electron chi connectivity index (χ3n) is 2.65. The highest BCUT2D eigenvalue weighted by molar-refractivity contribution is 6.43. The van der Waals surface area contributed by atoms with E-state index in [2.05, 4.69) is 10.4 Å². The summed E-state index contributed by atoms with van der Waals surface area (Å²) in [7, 11) is 0. The molecule has 2 aromatic rings. The molecule has 0 fully saturated rings. The lowest BCUT2D eigenvalue weighted by molar-refractivity contribution is 0.0945. The topological polar surface area (TPSA) is 46.9 Å². The molecule has 0 saturated heterocycles. The zero-order valence-corrected chi connectivity index (χ0v) is 11.9. The summed E-state index contributed by atoms with van der Waals surface area (Å²) >= 11 is 12.0. The monoisotopic (exact) mass is 297 g/mol. The molecule has 0 spiro atoms. The van der Waals surface area contributed by atoms with E-state index >= 15 is 0 Å². The van der Waals surface area contributed by atoms with E-state index in [1.165, 1.54) is 4.68 Å². The number of hydrogen-bond donors (Lipinski definition) is 1. The maximum Gasteiger partial charge on any atom is 0.273 e. The third kappa shape index (κ3) is 3.08. The van der Waals surface area contributed by atoms with Gasteiger partial charge in [0.15, 0.2) is 5.69 Å². The predicted molar refractivity (Wildman–Crippen MR) is 75.5 cm³/mol. The number of aryl methyl sites for hydroxylation is 1. The number of nitrogens with zero attached hydrogens (tertiary/aromatic N) is 2. The first-order valence-corrected chi connectivity index (χ1v) is 6.63. The fourth-order valence-electron chi connectivity index (χ4n) is 1.64. The number of aromatic nitrogens is 2. The normalized spacial score (nSPS) is 10.5. The molecule has 19 heavy (non-hydrogen) atoms. The summed E-state index contributed by atoms with van der Waals surface area (Å²) in [6, 6.07) is 9.61. The second-order valence-electron chi connectivity index (χ2n) is 3.94. The van der Waals surface area contributed by atoms with Gasteiger partial charge in [-0.15, -0.1) is 0 Å². The molecule has 1 amide bonds. The van der Waals surface area contributed by atoms with Gasteiger partial charge in [-0.1, -0.05) is 53.5 Å². The summed E-state index contributed by atoms with van der Waals surface area (Å²) in [5, 5.41) is 7.32. The molecule has 1 aromatic carbocycles. The molecule has 1 aromatic heterocycles. The van der Waals surface area contributed by atoms with E-state index < -0.39 is 0 Å². The largest absolute Gasteiger partial charge is 0.347 e. The van der Waals surface area contributed by atoms with Crippen molar-refractivity contribution in [2.75, 3.05) is 0 Å². The Labute approximate surface area is 121 Å². The highest BCUT2D eigenvalue weighted by Crippen LogP contribution is 2.25. The van der Waals surface area contributed by atoms with E-state index in [0.29, 0.717) is 13.1 Å². The molecule has 0 unspecified atom stereocenters. The van der Waals surface area contributed by atoms with Crippen molar-refractivity contribution in [2.45, 2.75) is 20.0 Å². The van der Waals surface area contributed by atoms with Crippen molar-refractivity contribution in [3.63, 3.8) is 0 Å². The molecule has 0 aliphatic heterocycles. The third-order valence-corrected chi connectivity index (χ3v) is 3.49. The van der Waals surface area contributed by atoms with Gasteiger partial charge in [0.05, 0.1) is 0 Å². The number of carbonyl (C=O) groups is 1. The molecule has 0 radical (unpaired) electrons. The summed E-state index contributed by atoms with van der Waals surface area (Å²) in [5.74, 6) is -0.331. The average molecular weight is 298 g/mol. The molecule has 0 saturated carbocycles. The minimum atomic E-state index is -0.331. The second-order valence-corrected chi connectivity index (χ2v) is 4.67. The van der Waals surface area contributed by atoms with E-state index in [-0.39, 0.29) is 21.8 Å². The van der Waals surface area contributed by atoms with Crippen molar-refractivity contribution in [3.05, 3.63) is 51.8 Å². The SMILES string of the molecule is CCn1nc(C(=O)NCc2ccccc2)c(Cl)c1Cl. The molecule has 0 atom stereocenters. The van der Waals surface area contributed by atoms with Crippen molar-refractivity contribution in [2.24, 2.45) is 0 Å². The number of halogens is 2. The van der Waals surface area contributed by atoms with Crippen LogP contribution >= 0.6 is 23.2 Å². The van der Waals surface area contributed by atoms with Crippen LogP contribution in [-0.4, -0.2) is 15.7 Å². The summed E-state index contributed by atoms with van der Waals surface area (Å²) in [4.78, 5) is 12.0. The van der Waals surface area contributed by atoms with Crippen LogP contribution in [0.25, 0.3) is 0 Å². The molecule has 0 aliphatic carbocycles. The number of benzene rings is 1. The Kier molecular flexibility index (Phi) is 4.45. The zero-order valence-electron chi connectivity index (χ0n) is 10.4. The predicted octanol–water partition coefficient (Wildman–Crippen LogP) is 3.14. The molecule has 1 N–H and O–H groups in total. The van der Waals surface area contributed by atoms with Crippen LogP contribution in [0.5, 0.6) is 0 Å². The molecule has 100 valence electrons. The van der Waals surface area contributed by atoms with Gasteiger partial charge in [-0.2, -0.15) is 5.10 Å². The van der Waals surface area contributed by atoms with Gasteiger partial charge in [0, 0.05) is 13.1 Å². The number of rotatable bonds is 4. The lowest BCUT2D eigenvalue weighted by Crippen LogP contribution is -2.23. The van der Waals surface area contributed by atoms with Gasteiger partial charge >= 0.3 is 0 Å². The summed E-state index contributed by atoms with van der Waals surface area (Å²) < 4.78 is 1.49. The number of amides is 1. The summed E-state index contributed by atoms with van der Waals surface area (Å²) in [6.45, 7) is 2.86. The minimum Gasteiger partial charge on any atom is -0.347 e. The van der Waals surface area contributed by atoms with Gasteiger partial charge < -0.3 is 5.32 Å². The molecule has 4 nitrogen and oxygen atoms in total. The first-order chi connectivity index (χ1) is 9.13. The van der Waals surface area contributed by atoms with Gasteiger partial charge in [-0.3, -0.25) is 9.48 Å². The highest BCUT2D eigenvalue weighted by Gasteiger charge is 2.19. The van der Waals surface area contributed by atoms with Crippen molar-refractivity contribution in [1.29, 1.82) is 0 Å². The van der Waals surface area contributed by atoms with Crippen LogP contribution < -0.4 is 5.32 Å². The van der Waals surface area contributed by atoms with Gasteiger partial charge in [-0.05, 0) is 12.5 Å². The molecule has 2 rings (SSSR count). The number of hydrogen-bond acceptors (Lipinski definition) is 2. The molecule has 0 aliphatic rings. The van der Waals surface area contributed by atoms with Crippen LogP contribution in [0.3, 0.4) is 0 Å². The van der Waals surface area contributed by atoms with Crippen LogP contribution in [0.15, 0.2) is 30.3 Å². The molecule has 0 bridgehead atoms. The Morgan fingerprint density at radius 1 is 1.32 bits per heavy atom.